The molecule has 22 heavy (non-hydrogen) atoms. The fourth-order valence-corrected chi connectivity index (χ4v) is 3.40. The van der Waals surface area contributed by atoms with Crippen molar-refractivity contribution in [2.75, 3.05) is 19.3 Å². The van der Waals surface area contributed by atoms with Crippen molar-refractivity contribution in [3.05, 3.63) is 29.8 Å². The lowest BCUT2D eigenvalue weighted by molar-refractivity contribution is 0.0928. The quantitative estimate of drug-likeness (QED) is 0.882. The molecule has 1 aliphatic heterocycles. The molecule has 122 valence electrons. The Morgan fingerprint density at radius 1 is 1.32 bits per heavy atom. The van der Waals surface area contributed by atoms with Crippen molar-refractivity contribution in [2.24, 2.45) is 5.41 Å². The number of amides is 1. The zero-order chi connectivity index (χ0) is 16.4. The van der Waals surface area contributed by atoms with Gasteiger partial charge in [-0.05, 0) is 49.1 Å². The molecular formula is C16H24N2O3S. The maximum absolute atomic E-state index is 12.2. The van der Waals surface area contributed by atoms with Gasteiger partial charge in [0.25, 0.3) is 5.91 Å². The zero-order valence-electron chi connectivity index (χ0n) is 13.3. The van der Waals surface area contributed by atoms with Crippen molar-refractivity contribution in [1.82, 2.24) is 10.6 Å². The number of carbonyl (C=O) groups is 1. The molecule has 1 amide bonds. The van der Waals surface area contributed by atoms with Gasteiger partial charge in [0.15, 0.2) is 9.84 Å². The molecule has 6 heteroatoms. The molecule has 5 nitrogen and oxygen atoms in total. The molecule has 2 N–H and O–H groups in total. The summed E-state index contributed by atoms with van der Waals surface area (Å²) in [5, 5.41) is 6.38. The molecule has 0 aliphatic carbocycles. The van der Waals surface area contributed by atoms with Gasteiger partial charge in [0, 0.05) is 24.4 Å². The Balaban J connectivity index is 1.98. The largest absolute Gasteiger partial charge is 0.350 e. The lowest BCUT2D eigenvalue weighted by atomic mass is 9.77. The van der Waals surface area contributed by atoms with Crippen LogP contribution in [0.5, 0.6) is 0 Å². The molecule has 0 saturated carbocycles. The molecular weight excluding hydrogens is 300 g/mol. The fourth-order valence-electron chi connectivity index (χ4n) is 2.77. The summed E-state index contributed by atoms with van der Waals surface area (Å²) in [5.74, 6) is -0.178. The van der Waals surface area contributed by atoms with Crippen molar-refractivity contribution >= 4 is 15.7 Å². The number of rotatable bonds is 4. The number of benzene rings is 1. The summed E-state index contributed by atoms with van der Waals surface area (Å²) in [6, 6.07) is 6.27. The second-order valence-corrected chi connectivity index (χ2v) is 8.62. The normalized spacial score (nSPS) is 21.3. The van der Waals surface area contributed by atoms with Gasteiger partial charge in [-0.15, -0.1) is 0 Å². The first kappa shape index (κ1) is 17.0. The highest BCUT2D eigenvalue weighted by molar-refractivity contribution is 7.90. The lowest BCUT2D eigenvalue weighted by Gasteiger charge is -2.39. The van der Waals surface area contributed by atoms with Gasteiger partial charge in [-0.2, -0.15) is 0 Å². The number of sulfone groups is 1. The van der Waals surface area contributed by atoms with E-state index in [2.05, 4.69) is 24.5 Å². The van der Waals surface area contributed by atoms with Crippen LogP contribution in [0.25, 0.3) is 0 Å². The van der Waals surface area contributed by atoms with E-state index in [9.17, 15) is 13.2 Å². The van der Waals surface area contributed by atoms with Crippen LogP contribution in [0.4, 0.5) is 0 Å². The zero-order valence-corrected chi connectivity index (χ0v) is 14.2. The molecule has 1 atom stereocenters. The molecule has 0 aromatic heterocycles. The van der Waals surface area contributed by atoms with Crippen LogP contribution in [0.3, 0.4) is 0 Å². The third-order valence-corrected chi connectivity index (χ3v) is 5.47. The highest BCUT2D eigenvalue weighted by Crippen LogP contribution is 2.29. The van der Waals surface area contributed by atoms with Crippen molar-refractivity contribution in [3.63, 3.8) is 0 Å². The van der Waals surface area contributed by atoms with Gasteiger partial charge in [-0.3, -0.25) is 4.79 Å². The Hall–Kier alpha value is -1.40. The minimum absolute atomic E-state index is 0.158. The first-order valence-electron chi connectivity index (χ1n) is 7.52. The predicted octanol–water partition coefficient (Wildman–Crippen LogP) is 1.60. The third-order valence-electron chi connectivity index (χ3n) is 4.34. The smallest absolute Gasteiger partial charge is 0.251 e. The van der Waals surface area contributed by atoms with Crippen LogP contribution in [0.2, 0.25) is 0 Å². The van der Waals surface area contributed by atoms with Crippen LogP contribution < -0.4 is 10.6 Å². The molecule has 1 heterocycles. The second-order valence-electron chi connectivity index (χ2n) is 6.61. The van der Waals surface area contributed by atoms with Crippen molar-refractivity contribution in [2.45, 2.75) is 37.6 Å². The van der Waals surface area contributed by atoms with E-state index in [0.29, 0.717) is 12.1 Å². The van der Waals surface area contributed by atoms with Gasteiger partial charge >= 0.3 is 0 Å². The van der Waals surface area contributed by atoms with Crippen LogP contribution in [0.15, 0.2) is 29.2 Å². The van der Waals surface area contributed by atoms with Gasteiger partial charge in [0.1, 0.15) is 0 Å². The summed E-state index contributed by atoms with van der Waals surface area (Å²) in [6.07, 6.45) is 3.45. The van der Waals surface area contributed by atoms with Crippen LogP contribution in [0, 0.1) is 5.41 Å². The molecule has 1 fully saturated rings. The lowest BCUT2D eigenvalue weighted by Crippen LogP contribution is -2.52. The van der Waals surface area contributed by atoms with Crippen molar-refractivity contribution in [1.29, 1.82) is 0 Å². The number of carbonyl (C=O) groups excluding carboxylic acids is 1. The summed E-state index contributed by atoms with van der Waals surface area (Å²) >= 11 is 0. The van der Waals surface area contributed by atoms with Crippen LogP contribution in [-0.2, 0) is 9.84 Å². The topological polar surface area (TPSA) is 75.3 Å². The summed E-state index contributed by atoms with van der Waals surface area (Å²) in [5.41, 5.74) is 0.632. The van der Waals surface area contributed by atoms with Gasteiger partial charge < -0.3 is 10.6 Å². The molecule has 0 bridgehead atoms. The highest BCUT2D eigenvalue weighted by Gasteiger charge is 2.31. The standard InChI is InChI=1S/C16H24N2O3S/c1-16(2)9-4-10-17-14(16)11-18-15(19)12-5-7-13(8-6-12)22(3,20)21/h5-8,14,17H,4,9-11H2,1-3H3,(H,18,19). The van der Waals surface area contributed by atoms with Crippen molar-refractivity contribution in [3.8, 4) is 0 Å². The van der Waals surface area contributed by atoms with E-state index in [4.69, 9.17) is 0 Å². The average Bonchev–Trinajstić information content (AvgIpc) is 2.44. The number of hydrogen-bond acceptors (Lipinski definition) is 4. The molecule has 1 aromatic carbocycles. The molecule has 0 radical (unpaired) electrons. The van der Waals surface area contributed by atoms with E-state index in [0.717, 1.165) is 25.6 Å². The number of hydrogen-bond donors (Lipinski definition) is 2. The van der Waals surface area contributed by atoms with Crippen molar-refractivity contribution < 1.29 is 13.2 Å². The second kappa shape index (κ2) is 6.38. The minimum Gasteiger partial charge on any atom is -0.350 e. The predicted molar refractivity (Wildman–Crippen MR) is 86.7 cm³/mol. The van der Waals surface area contributed by atoms with E-state index in [1.54, 1.807) is 12.1 Å². The SMILES string of the molecule is CC1(C)CCCNC1CNC(=O)c1ccc(S(C)(=O)=O)cc1. The molecule has 1 saturated heterocycles. The maximum atomic E-state index is 12.2. The van der Waals surface area contributed by atoms with E-state index in [-0.39, 0.29) is 22.3 Å². The Labute approximate surface area is 132 Å². The summed E-state index contributed by atoms with van der Waals surface area (Å²) in [6.45, 7) is 5.96. The molecule has 1 aromatic rings. The minimum atomic E-state index is -3.23. The van der Waals surface area contributed by atoms with Crippen LogP contribution >= 0.6 is 0 Å². The maximum Gasteiger partial charge on any atom is 0.251 e. The highest BCUT2D eigenvalue weighted by atomic mass is 32.2. The molecule has 0 spiro atoms. The fraction of sp³-hybridized carbons (Fsp3) is 0.562. The van der Waals surface area contributed by atoms with Crippen LogP contribution in [0.1, 0.15) is 37.0 Å². The summed E-state index contributed by atoms with van der Waals surface area (Å²) in [7, 11) is -3.23. The van der Waals surface area contributed by atoms with E-state index in [1.165, 1.54) is 12.1 Å². The summed E-state index contributed by atoms with van der Waals surface area (Å²) < 4.78 is 22.8. The summed E-state index contributed by atoms with van der Waals surface area (Å²) in [4.78, 5) is 12.4. The first-order valence-corrected chi connectivity index (χ1v) is 9.41. The van der Waals surface area contributed by atoms with Gasteiger partial charge in [-0.25, -0.2) is 8.42 Å². The van der Waals surface area contributed by atoms with Gasteiger partial charge in [0.2, 0.25) is 0 Å². The third kappa shape index (κ3) is 4.08. The molecule has 1 unspecified atom stereocenters. The monoisotopic (exact) mass is 324 g/mol. The van der Waals surface area contributed by atoms with E-state index in [1.807, 2.05) is 0 Å². The Kier molecular flexibility index (Phi) is 4.92. The molecule has 1 aliphatic rings. The number of piperidine rings is 1. The Morgan fingerprint density at radius 2 is 1.95 bits per heavy atom. The van der Waals surface area contributed by atoms with E-state index >= 15 is 0 Å². The van der Waals surface area contributed by atoms with Crippen LogP contribution in [-0.4, -0.2) is 39.7 Å². The first-order chi connectivity index (χ1) is 10.2. The van der Waals surface area contributed by atoms with E-state index < -0.39 is 9.84 Å². The Morgan fingerprint density at radius 3 is 2.50 bits per heavy atom. The Bertz CT molecular complexity index is 636. The number of nitrogens with one attached hydrogen (secondary N) is 2. The average molecular weight is 324 g/mol. The van der Waals surface area contributed by atoms with Gasteiger partial charge in [-0.1, -0.05) is 13.8 Å². The van der Waals surface area contributed by atoms with Gasteiger partial charge in [0.05, 0.1) is 4.90 Å². The molecule has 2 rings (SSSR count).